The van der Waals surface area contributed by atoms with Crippen molar-refractivity contribution in [1.29, 1.82) is 0 Å². The van der Waals surface area contributed by atoms with Gasteiger partial charge in [-0.25, -0.2) is 0 Å². The molecule has 0 bridgehead atoms. The first-order valence-electron chi connectivity index (χ1n) is 3.37. The zero-order valence-corrected chi connectivity index (χ0v) is 11.5. The Bertz CT molecular complexity index is 333. The van der Waals surface area contributed by atoms with E-state index in [-0.39, 0.29) is 11.8 Å². The molecule has 0 atom stereocenters. The van der Waals surface area contributed by atoms with E-state index < -0.39 is 7.96 Å². The Balaban J connectivity index is 2.79. The molecule has 1 rings (SSSR count). The minimum absolute atomic E-state index is 0.153. The summed E-state index contributed by atoms with van der Waals surface area (Å²) in [7, 11) is 0. The average molecular weight is 348 g/mol. The summed E-state index contributed by atoms with van der Waals surface area (Å²) in [5, 5.41) is 10.1. The second kappa shape index (κ2) is 5.33. The number of ether oxygens (including phenoxy) is 2. The average Bonchev–Trinajstić information content (AvgIpc) is 1.96. The molecule has 0 radical (unpaired) electrons. The molecule has 1 aromatic heterocycles. The van der Waals surface area contributed by atoms with Crippen molar-refractivity contribution in [1.82, 2.24) is 15.4 Å². The van der Waals surface area contributed by atoms with Crippen molar-refractivity contribution in [3.63, 3.8) is 0 Å². The number of alkyl halides is 6. The first-order valence-corrected chi connectivity index (χ1v) is 5.64. The van der Waals surface area contributed by atoms with Crippen LogP contribution < -0.4 is 9.47 Å². The molecular formula is C5HCl6N3O2. The second-order valence-corrected chi connectivity index (χ2v) is 6.56. The van der Waals surface area contributed by atoms with E-state index in [1.807, 2.05) is 0 Å². The van der Waals surface area contributed by atoms with Gasteiger partial charge in [0.05, 0.1) is 6.07 Å². The van der Waals surface area contributed by atoms with Crippen molar-refractivity contribution < 1.29 is 9.47 Å². The van der Waals surface area contributed by atoms with Gasteiger partial charge in [-0.15, -0.1) is 0 Å². The molecule has 1 heterocycles. The predicted molar refractivity (Wildman–Crippen MR) is 61.7 cm³/mol. The fourth-order valence-electron chi connectivity index (χ4n) is 0.611. The van der Waals surface area contributed by atoms with Crippen LogP contribution in [0, 0.1) is 0 Å². The van der Waals surface area contributed by atoms with E-state index in [4.69, 9.17) is 79.1 Å². The van der Waals surface area contributed by atoms with Gasteiger partial charge < -0.3 is 9.47 Å². The molecule has 16 heavy (non-hydrogen) atoms. The van der Waals surface area contributed by atoms with E-state index in [0.717, 1.165) is 6.07 Å². The van der Waals surface area contributed by atoms with Gasteiger partial charge in [-0.1, -0.05) is 10.2 Å². The molecule has 0 N–H and O–H groups in total. The highest BCUT2D eigenvalue weighted by molar-refractivity contribution is 6.66. The highest BCUT2D eigenvalue weighted by atomic mass is 35.6. The van der Waals surface area contributed by atoms with Crippen LogP contribution in [0.25, 0.3) is 0 Å². The van der Waals surface area contributed by atoms with Gasteiger partial charge in [0.1, 0.15) is 0 Å². The summed E-state index contributed by atoms with van der Waals surface area (Å²) >= 11 is 32.1. The Morgan fingerprint density at radius 3 is 1.50 bits per heavy atom. The molecule has 0 spiro atoms. The number of hydrogen-bond donors (Lipinski definition) is 0. The zero-order valence-electron chi connectivity index (χ0n) is 7.00. The van der Waals surface area contributed by atoms with Crippen LogP contribution in [-0.4, -0.2) is 23.4 Å². The maximum absolute atomic E-state index is 5.35. The number of halogens is 6. The lowest BCUT2D eigenvalue weighted by Gasteiger charge is -2.14. The van der Waals surface area contributed by atoms with E-state index in [1.54, 1.807) is 0 Å². The lowest BCUT2D eigenvalue weighted by Crippen LogP contribution is -2.16. The Morgan fingerprint density at radius 1 is 0.812 bits per heavy atom. The lowest BCUT2D eigenvalue weighted by molar-refractivity contribution is 0.277. The minimum atomic E-state index is -1.99. The number of aromatic nitrogens is 3. The summed E-state index contributed by atoms with van der Waals surface area (Å²) in [4.78, 5) is 0. The van der Waals surface area contributed by atoms with Gasteiger partial charge >= 0.3 is 7.96 Å². The molecule has 0 aromatic carbocycles. The van der Waals surface area contributed by atoms with Crippen LogP contribution in [0.1, 0.15) is 0 Å². The maximum Gasteiger partial charge on any atom is 0.339 e. The summed E-state index contributed by atoms with van der Waals surface area (Å²) in [6, 6.07) is 1.14. The van der Waals surface area contributed by atoms with Gasteiger partial charge in [0, 0.05) is 0 Å². The summed E-state index contributed by atoms with van der Waals surface area (Å²) < 4.78 is 5.47. The largest absolute Gasteiger partial charge is 0.426 e. The Kier molecular flexibility index (Phi) is 4.80. The molecule has 0 aliphatic heterocycles. The smallest absolute Gasteiger partial charge is 0.339 e. The third-order valence-corrected chi connectivity index (χ3v) is 1.44. The first kappa shape index (κ1) is 14.4. The van der Waals surface area contributed by atoms with E-state index >= 15 is 0 Å². The highest BCUT2D eigenvalue weighted by Gasteiger charge is 2.26. The maximum atomic E-state index is 5.35. The quantitative estimate of drug-likeness (QED) is 0.768. The summed E-state index contributed by atoms with van der Waals surface area (Å²) in [5.74, 6) is -0.307. The number of nitrogens with zero attached hydrogens (tertiary/aromatic N) is 3. The van der Waals surface area contributed by atoms with E-state index in [0.29, 0.717) is 0 Å². The van der Waals surface area contributed by atoms with Crippen LogP contribution in [0.3, 0.4) is 0 Å². The van der Waals surface area contributed by atoms with Crippen LogP contribution >= 0.6 is 69.6 Å². The third-order valence-electron chi connectivity index (χ3n) is 0.974. The summed E-state index contributed by atoms with van der Waals surface area (Å²) in [5.41, 5.74) is 0. The van der Waals surface area contributed by atoms with Crippen LogP contribution in [0.4, 0.5) is 0 Å². The van der Waals surface area contributed by atoms with Crippen LogP contribution in [0.5, 0.6) is 11.8 Å². The normalized spacial score (nSPS) is 12.4. The number of hydrogen-bond acceptors (Lipinski definition) is 5. The monoisotopic (exact) mass is 345 g/mol. The van der Waals surface area contributed by atoms with Crippen molar-refractivity contribution in [2.75, 3.05) is 0 Å². The first-order chi connectivity index (χ1) is 7.16. The molecular weight excluding hydrogens is 347 g/mol. The van der Waals surface area contributed by atoms with E-state index in [2.05, 4.69) is 15.4 Å². The topological polar surface area (TPSA) is 57.1 Å². The van der Waals surface area contributed by atoms with Gasteiger partial charge in [-0.2, -0.15) is 0 Å². The van der Waals surface area contributed by atoms with Crippen molar-refractivity contribution in [3.8, 4) is 11.8 Å². The fourth-order valence-corrected chi connectivity index (χ4v) is 1.09. The molecule has 0 saturated heterocycles. The Labute approximate surface area is 120 Å². The molecule has 0 unspecified atom stereocenters. The standard InChI is InChI=1S/C5HCl6N3O2/c6-4(7,8)15-2-1-3(13-14-12-2)16-5(9,10)11/h1H. The van der Waals surface area contributed by atoms with Gasteiger partial charge in [0.2, 0.25) is 11.8 Å². The minimum Gasteiger partial charge on any atom is -0.426 e. The second-order valence-electron chi connectivity index (χ2n) is 2.21. The lowest BCUT2D eigenvalue weighted by atomic mass is 10.6. The fraction of sp³-hybridized carbons (Fsp3) is 0.400. The van der Waals surface area contributed by atoms with E-state index in [1.165, 1.54) is 0 Å². The highest BCUT2D eigenvalue weighted by Crippen LogP contribution is 2.32. The van der Waals surface area contributed by atoms with Crippen molar-refractivity contribution in [2.45, 2.75) is 7.96 Å². The Morgan fingerprint density at radius 2 is 1.19 bits per heavy atom. The SMILES string of the molecule is ClC(Cl)(Cl)Oc1cc(OC(Cl)(Cl)Cl)nnn1. The van der Waals surface area contributed by atoms with Crippen LogP contribution in [-0.2, 0) is 0 Å². The van der Waals surface area contributed by atoms with Crippen molar-refractivity contribution in [2.24, 2.45) is 0 Å². The molecule has 0 amide bonds. The molecule has 0 fully saturated rings. The summed E-state index contributed by atoms with van der Waals surface area (Å²) in [6.45, 7) is 0. The van der Waals surface area contributed by atoms with Gasteiger partial charge in [-0.05, 0) is 74.8 Å². The molecule has 1 aromatic rings. The predicted octanol–water partition coefficient (Wildman–Crippen LogP) is 3.28. The van der Waals surface area contributed by atoms with Crippen LogP contribution in [0.15, 0.2) is 6.07 Å². The molecule has 0 aliphatic rings. The van der Waals surface area contributed by atoms with Crippen molar-refractivity contribution >= 4 is 69.6 Å². The van der Waals surface area contributed by atoms with E-state index in [9.17, 15) is 0 Å². The van der Waals surface area contributed by atoms with Gasteiger partial charge in [0.15, 0.2) is 0 Å². The molecule has 5 nitrogen and oxygen atoms in total. The third kappa shape index (κ3) is 6.18. The van der Waals surface area contributed by atoms with Crippen LogP contribution in [0.2, 0.25) is 0 Å². The molecule has 11 heteroatoms. The van der Waals surface area contributed by atoms with Gasteiger partial charge in [-0.3, -0.25) is 0 Å². The van der Waals surface area contributed by atoms with Crippen molar-refractivity contribution in [3.05, 3.63) is 6.07 Å². The molecule has 90 valence electrons. The number of rotatable bonds is 2. The zero-order chi connectivity index (χ0) is 12.4. The van der Waals surface area contributed by atoms with Gasteiger partial charge in [0.25, 0.3) is 0 Å². The molecule has 0 saturated carbocycles. The Hall–Kier alpha value is 0.350. The molecule has 0 aliphatic carbocycles. The summed E-state index contributed by atoms with van der Waals surface area (Å²) in [6.07, 6.45) is 0.